The molecular weight excluding hydrogens is 382 g/mol. The van der Waals surface area contributed by atoms with Crippen LogP contribution in [0.4, 0.5) is 10.5 Å². The van der Waals surface area contributed by atoms with Crippen LogP contribution in [0.1, 0.15) is 23.3 Å². The summed E-state index contributed by atoms with van der Waals surface area (Å²) < 4.78 is 0. The third kappa shape index (κ3) is 3.02. The van der Waals surface area contributed by atoms with Crippen LogP contribution in [0, 0.1) is 0 Å². The van der Waals surface area contributed by atoms with E-state index in [2.05, 4.69) is 10.6 Å². The van der Waals surface area contributed by atoms with E-state index in [-0.39, 0.29) is 12.5 Å². The highest BCUT2D eigenvalue weighted by Gasteiger charge is 2.54. The van der Waals surface area contributed by atoms with Gasteiger partial charge in [-0.05, 0) is 49.1 Å². The van der Waals surface area contributed by atoms with Crippen molar-refractivity contribution >= 4 is 46.6 Å². The molecule has 140 valence electrons. The molecule has 1 aliphatic heterocycles. The molecule has 1 aliphatic carbocycles. The van der Waals surface area contributed by atoms with Crippen molar-refractivity contribution in [3.8, 4) is 0 Å². The van der Waals surface area contributed by atoms with Crippen molar-refractivity contribution in [2.45, 2.75) is 29.7 Å². The Morgan fingerprint density at radius 1 is 1.33 bits per heavy atom. The topological polar surface area (TPSA) is 78.5 Å². The van der Waals surface area contributed by atoms with Gasteiger partial charge in [0.1, 0.15) is 12.1 Å². The molecule has 1 atom stereocenters. The summed E-state index contributed by atoms with van der Waals surface area (Å²) in [5, 5.41) is 7.62. The number of carbonyl (C=O) groups is 3. The van der Waals surface area contributed by atoms with Gasteiger partial charge in [-0.1, -0.05) is 12.1 Å². The van der Waals surface area contributed by atoms with Gasteiger partial charge in [0.25, 0.3) is 5.91 Å². The first kappa shape index (κ1) is 18.1. The van der Waals surface area contributed by atoms with Gasteiger partial charge in [0.05, 0.1) is 5.69 Å². The summed E-state index contributed by atoms with van der Waals surface area (Å²) in [7, 11) is 0. The van der Waals surface area contributed by atoms with Crippen molar-refractivity contribution < 1.29 is 14.4 Å². The molecule has 4 rings (SSSR count). The maximum atomic E-state index is 13.1. The van der Waals surface area contributed by atoms with E-state index in [0.717, 1.165) is 33.1 Å². The normalized spacial score (nSPS) is 21.3. The van der Waals surface area contributed by atoms with Crippen molar-refractivity contribution in [1.82, 2.24) is 10.2 Å². The minimum Gasteiger partial charge on any atom is -0.324 e. The number of carbonyl (C=O) groups excluding carboxylic acids is 3. The molecule has 0 saturated carbocycles. The number of fused-ring (bicyclic) bond motifs is 2. The molecule has 4 amide bonds. The molecular formula is C19H19N3O3S2. The highest BCUT2D eigenvalue weighted by atomic mass is 32.2. The third-order valence-corrected chi connectivity index (χ3v) is 6.80. The van der Waals surface area contributed by atoms with Crippen LogP contribution in [0.2, 0.25) is 0 Å². The average molecular weight is 402 g/mol. The number of para-hydroxylation sites is 1. The Kier molecular flexibility index (Phi) is 4.69. The zero-order valence-corrected chi connectivity index (χ0v) is 16.4. The number of urea groups is 1. The Balaban J connectivity index is 1.53. The Labute approximate surface area is 165 Å². The van der Waals surface area contributed by atoms with Gasteiger partial charge in [-0.15, -0.1) is 23.1 Å². The van der Waals surface area contributed by atoms with Crippen LogP contribution in [0.3, 0.4) is 0 Å². The second kappa shape index (κ2) is 7.01. The van der Waals surface area contributed by atoms with E-state index in [9.17, 15) is 14.4 Å². The molecule has 1 fully saturated rings. The number of rotatable bonds is 4. The predicted octanol–water partition coefficient (Wildman–Crippen LogP) is 3.19. The molecule has 2 N–H and O–H groups in total. The number of benzene rings is 1. The van der Waals surface area contributed by atoms with Crippen LogP contribution < -0.4 is 10.6 Å². The highest BCUT2D eigenvalue weighted by molar-refractivity contribution is 7.98. The van der Waals surface area contributed by atoms with Crippen molar-refractivity contribution in [2.24, 2.45) is 0 Å². The van der Waals surface area contributed by atoms with Crippen molar-refractivity contribution in [1.29, 1.82) is 0 Å². The van der Waals surface area contributed by atoms with E-state index < -0.39 is 17.5 Å². The molecule has 27 heavy (non-hydrogen) atoms. The lowest BCUT2D eigenvalue weighted by Gasteiger charge is -2.31. The smallest absolute Gasteiger partial charge is 0.324 e. The largest absolute Gasteiger partial charge is 0.325 e. The van der Waals surface area contributed by atoms with Gasteiger partial charge in [-0.3, -0.25) is 14.5 Å². The zero-order valence-electron chi connectivity index (χ0n) is 14.8. The number of hydrogen-bond acceptors (Lipinski definition) is 5. The Morgan fingerprint density at radius 2 is 2.15 bits per heavy atom. The van der Waals surface area contributed by atoms with Gasteiger partial charge < -0.3 is 10.6 Å². The predicted molar refractivity (Wildman–Crippen MR) is 106 cm³/mol. The quantitative estimate of drug-likeness (QED) is 0.609. The minimum atomic E-state index is -1.01. The number of thioether (sulfide) groups is 1. The van der Waals surface area contributed by atoms with E-state index in [1.807, 2.05) is 35.9 Å². The molecule has 2 heterocycles. The number of anilines is 1. The fourth-order valence-corrected chi connectivity index (χ4v) is 5.32. The lowest BCUT2D eigenvalue weighted by atomic mass is 9.80. The van der Waals surface area contributed by atoms with Crippen LogP contribution in [0.5, 0.6) is 0 Å². The first-order chi connectivity index (χ1) is 13.0. The SMILES string of the molecule is CSc1ccccc1NC(=O)CN1C(=O)N[C@]2(CCCc3sccc32)C1=O. The number of imide groups is 1. The fraction of sp³-hybridized carbons (Fsp3) is 0.316. The molecule has 1 aromatic carbocycles. The molecule has 1 saturated heterocycles. The van der Waals surface area contributed by atoms with Gasteiger partial charge in [-0.25, -0.2) is 4.79 Å². The minimum absolute atomic E-state index is 0.297. The van der Waals surface area contributed by atoms with Gasteiger partial charge in [0.15, 0.2) is 0 Å². The number of aryl methyl sites for hydroxylation is 1. The van der Waals surface area contributed by atoms with Gasteiger partial charge in [0.2, 0.25) is 5.91 Å². The molecule has 1 aromatic heterocycles. The van der Waals surface area contributed by atoms with Crippen molar-refractivity contribution in [3.63, 3.8) is 0 Å². The first-order valence-corrected chi connectivity index (χ1v) is 10.8. The second-order valence-corrected chi connectivity index (χ2v) is 8.43. The third-order valence-electron chi connectivity index (χ3n) is 5.02. The number of amides is 4. The van der Waals surface area contributed by atoms with E-state index in [4.69, 9.17) is 0 Å². The Hall–Kier alpha value is -2.32. The van der Waals surface area contributed by atoms with Crippen LogP contribution in [-0.2, 0) is 21.5 Å². The number of thiophene rings is 1. The van der Waals surface area contributed by atoms with Crippen LogP contribution in [-0.4, -0.2) is 35.5 Å². The molecule has 0 radical (unpaired) electrons. The lowest BCUT2D eigenvalue weighted by Crippen LogP contribution is -2.46. The van der Waals surface area contributed by atoms with Crippen molar-refractivity contribution in [2.75, 3.05) is 18.1 Å². The van der Waals surface area contributed by atoms with E-state index in [0.29, 0.717) is 12.1 Å². The molecule has 0 bridgehead atoms. The Bertz CT molecular complexity index is 926. The van der Waals surface area contributed by atoms with Crippen LogP contribution >= 0.6 is 23.1 Å². The molecule has 6 nitrogen and oxygen atoms in total. The van der Waals surface area contributed by atoms with Gasteiger partial charge >= 0.3 is 6.03 Å². The summed E-state index contributed by atoms with van der Waals surface area (Å²) >= 11 is 3.13. The number of nitrogens with one attached hydrogen (secondary N) is 2. The summed E-state index contributed by atoms with van der Waals surface area (Å²) in [5.74, 6) is -0.724. The van der Waals surface area contributed by atoms with Crippen LogP contribution in [0.15, 0.2) is 40.6 Å². The molecule has 2 aliphatic rings. The second-order valence-electron chi connectivity index (χ2n) is 6.59. The summed E-state index contributed by atoms with van der Waals surface area (Å²) in [6, 6.07) is 8.84. The number of hydrogen-bond donors (Lipinski definition) is 2. The van der Waals surface area contributed by atoms with Crippen LogP contribution in [0.25, 0.3) is 0 Å². The monoisotopic (exact) mass is 401 g/mol. The number of nitrogens with zero attached hydrogens (tertiary/aromatic N) is 1. The van der Waals surface area contributed by atoms with Gasteiger partial charge in [-0.2, -0.15) is 0 Å². The van der Waals surface area contributed by atoms with E-state index >= 15 is 0 Å². The first-order valence-electron chi connectivity index (χ1n) is 8.69. The summed E-state index contributed by atoms with van der Waals surface area (Å²) in [4.78, 5) is 41.2. The maximum Gasteiger partial charge on any atom is 0.325 e. The highest BCUT2D eigenvalue weighted by Crippen LogP contribution is 2.42. The van der Waals surface area contributed by atoms with Crippen molar-refractivity contribution in [3.05, 3.63) is 46.2 Å². The summed E-state index contributed by atoms with van der Waals surface area (Å²) in [6.07, 6.45) is 4.24. The van der Waals surface area contributed by atoms with E-state index in [1.54, 1.807) is 17.4 Å². The Morgan fingerprint density at radius 3 is 2.96 bits per heavy atom. The molecule has 1 spiro atoms. The standard InChI is InChI=1S/C19H19N3O3S2/c1-26-15-6-3-2-5-13(15)20-16(23)11-22-17(24)19(21-18(22)25)9-4-7-14-12(19)8-10-27-14/h2-3,5-6,8,10H,4,7,9,11H2,1H3,(H,20,23)(H,21,25)/t19-/m0/s1. The summed E-state index contributed by atoms with van der Waals surface area (Å²) in [6.45, 7) is -0.297. The zero-order chi connectivity index (χ0) is 19.0. The maximum absolute atomic E-state index is 13.1. The summed E-state index contributed by atoms with van der Waals surface area (Å²) in [5.41, 5.74) is 0.546. The molecule has 2 aromatic rings. The molecule has 8 heteroatoms. The lowest BCUT2D eigenvalue weighted by molar-refractivity contribution is -0.134. The fourth-order valence-electron chi connectivity index (χ4n) is 3.77. The molecule has 0 unspecified atom stereocenters. The van der Waals surface area contributed by atoms with E-state index in [1.165, 1.54) is 11.8 Å². The van der Waals surface area contributed by atoms with Gasteiger partial charge in [0, 0.05) is 15.3 Å². The average Bonchev–Trinajstić information content (AvgIpc) is 3.23.